The fourth-order valence-electron chi connectivity index (χ4n) is 1.90. The zero-order chi connectivity index (χ0) is 12.4. The maximum atomic E-state index is 12.1. The smallest absolute Gasteiger partial charge is 0.188 e. The minimum atomic E-state index is 0.0500. The molecule has 0 amide bonds. The predicted octanol–water partition coefficient (Wildman–Crippen LogP) is 1.37. The molecule has 0 saturated carbocycles. The van der Waals surface area contributed by atoms with Gasteiger partial charge in [-0.3, -0.25) is 9.48 Å². The van der Waals surface area contributed by atoms with Crippen LogP contribution in [0.2, 0.25) is 0 Å². The molecule has 0 saturated heterocycles. The Morgan fingerprint density at radius 2 is 2.24 bits per heavy atom. The van der Waals surface area contributed by atoms with Crippen LogP contribution in [0.4, 0.5) is 0 Å². The normalized spacial score (nSPS) is 10.8. The third kappa shape index (κ3) is 2.27. The predicted molar refractivity (Wildman–Crippen MR) is 63.9 cm³/mol. The molecule has 2 heterocycles. The molecule has 0 spiro atoms. The highest BCUT2D eigenvalue weighted by Gasteiger charge is 2.14. The number of imidazole rings is 1. The molecular formula is C12H16N4O. The van der Waals surface area contributed by atoms with E-state index < -0.39 is 0 Å². The Bertz CT molecular complexity index is 538. The second-order valence-corrected chi connectivity index (χ2v) is 4.02. The van der Waals surface area contributed by atoms with Gasteiger partial charge in [-0.2, -0.15) is 5.10 Å². The van der Waals surface area contributed by atoms with Gasteiger partial charge in [-0.05, 0) is 19.9 Å². The Morgan fingerprint density at radius 1 is 1.47 bits per heavy atom. The molecule has 0 fully saturated rings. The van der Waals surface area contributed by atoms with Gasteiger partial charge in [-0.25, -0.2) is 4.98 Å². The maximum absolute atomic E-state index is 12.1. The van der Waals surface area contributed by atoms with Crippen molar-refractivity contribution < 1.29 is 4.79 Å². The van der Waals surface area contributed by atoms with E-state index in [2.05, 4.69) is 10.1 Å². The molecule has 0 unspecified atom stereocenters. The number of carbonyl (C=O) groups is 1. The SMILES string of the molecule is CCn1ccnc1CC(=O)c1cc(C)nn1C. The van der Waals surface area contributed by atoms with Crippen molar-refractivity contribution in [3.63, 3.8) is 0 Å². The molecule has 0 aliphatic heterocycles. The van der Waals surface area contributed by atoms with Crippen molar-refractivity contribution in [2.24, 2.45) is 7.05 Å². The van der Waals surface area contributed by atoms with Gasteiger partial charge < -0.3 is 4.57 Å². The zero-order valence-corrected chi connectivity index (χ0v) is 10.3. The molecule has 0 bridgehead atoms. The van der Waals surface area contributed by atoms with Crippen molar-refractivity contribution in [3.05, 3.63) is 35.7 Å². The van der Waals surface area contributed by atoms with Crippen LogP contribution in [0.5, 0.6) is 0 Å². The average molecular weight is 232 g/mol. The van der Waals surface area contributed by atoms with Crippen LogP contribution in [0.15, 0.2) is 18.5 Å². The van der Waals surface area contributed by atoms with Gasteiger partial charge in [0, 0.05) is 26.0 Å². The fourth-order valence-corrected chi connectivity index (χ4v) is 1.90. The first kappa shape index (κ1) is 11.6. The molecule has 17 heavy (non-hydrogen) atoms. The van der Waals surface area contributed by atoms with E-state index in [-0.39, 0.29) is 5.78 Å². The van der Waals surface area contributed by atoms with Crippen molar-refractivity contribution in [1.82, 2.24) is 19.3 Å². The van der Waals surface area contributed by atoms with Gasteiger partial charge in [0.1, 0.15) is 11.5 Å². The second-order valence-electron chi connectivity index (χ2n) is 4.02. The summed E-state index contributed by atoms with van der Waals surface area (Å²) in [5.74, 6) is 0.852. The summed E-state index contributed by atoms with van der Waals surface area (Å²) in [6.45, 7) is 4.74. The largest absolute Gasteiger partial charge is 0.335 e. The summed E-state index contributed by atoms with van der Waals surface area (Å²) < 4.78 is 3.60. The number of aromatic nitrogens is 4. The van der Waals surface area contributed by atoms with Gasteiger partial charge in [-0.15, -0.1) is 0 Å². The lowest BCUT2D eigenvalue weighted by Gasteiger charge is -2.04. The molecule has 0 aliphatic rings. The molecule has 5 heteroatoms. The summed E-state index contributed by atoms with van der Waals surface area (Å²) >= 11 is 0. The van der Waals surface area contributed by atoms with E-state index in [1.807, 2.05) is 30.7 Å². The Morgan fingerprint density at radius 3 is 2.82 bits per heavy atom. The van der Waals surface area contributed by atoms with Gasteiger partial charge >= 0.3 is 0 Å². The van der Waals surface area contributed by atoms with Gasteiger partial charge in [-0.1, -0.05) is 0 Å². The van der Waals surface area contributed by atoms with E-state index in [1.165, 1.54) is 0 Å². The highest BCUT2D eigenvalue weighted by Crippen LogP contribution is 2.07. The van der Waals surface area contributed by atoms with Crippen molar-refractivity contribution in [1.29, 1.82) is 0 Å². The topological polar surface area (TPSA) is 52.7 Å². The molecule has 0 atom stereocenters. The second kappa shape index (κ2) is 4.53. The molecule has 2 aromatic heterocycles. The van der Waals surface area contributed by atoms with Crippen LogP contribution < -0.4 is 0 Å². The minimum Gasteiger partial charge on any atom is -0.335 e. The number of hydrogen-bond acceptors (Lipinski definition) is 3. The molecule has 0 radical (unpaired) electrons. The van der Waals surface area contributed by atoms with E-state index >= 15 is 0 Å². The molecule has 0 N–H and O–H groups in total. The Kier molecular flexibility index (Phi) is 3.08. The lowest BCUT2D eigenvalue weighted by molar-refractivity contribution is 0.0981. The van der Waals surface area contributed by atoms with Gasteiger partial charge in [0.25, 0.3) is 0 Å². The quantitative estimate of drug-likeness (QED) is 0.748. The Labute approximate surface area is 100 Å². The Balaban J connectivity index is 2.20. The molecule has 90 valence electrons. The summed E-state index contributed by atoms with van der Waals surface area (Å²) in [6, 6.07) is 1.81. The van der Waals surface area contributed by atoms with Crippen LogP contribution >= 0.6 is 0 Å². The van der Waals surface area contributed by atoms with Crippen LogP contribution in [-0.2, 0) is 20.0 Å². The first-order valence-electron chi connectivity index (χ1n) is 5.65. The maximum Gasteiger partial charge on any atom is 0.188 e. The lowest BCUT2D eigenvalue weighted by atomic mass is 10.2. The van der Waals surface area contributed by atoms with Crippen molar-refractivity contribution in [3.8, 4) is 0 Å². The zero-order valence-electron chi connectivity index (χ0n) is 10.3. The highest BCUT2D eigenvalue weighted by molar-refractivity contribution is 5.95. The lowest BCUT2D eigenvalue weighted by Crippen LogP contribution is -2.13. The fraction of sp³-hybridized carbons (Fsp3) is 0.417. The summed E-state index contributed by atoms with van der Waals surface area (Å²) in [7, 11) is 1.78. The van der Waals surface area contributed by atoms with E-state index in [0.29, 0.717) is 12.1 Å². The van der Waals surface area contributed by atoms with E-state index in [9.17, 15) is 4.79 Å². The number of ketones is 1. The van der Waals surface area contributed by atoms with E-state index in [4.69, 9.17) is 0 Å². The van der Waals surface area contributed by atoms with Gasteiger partial charge in [0.15, 0.2) is 5.78 Å². The van der Waals surface area contributed by atoms with Crippen molar-refractivity contribution in [2.45, 2.75) is 26.8 Å². The van der Waals surface area contributed by atoms with Crippen LogP contribution in [0.3, 0.4) is 0 Å². The monoisotopic (exact) mass is 232 g/mol. The number of aryl methyl sites for hydroxylation is 3. The Hall–Kier alpha value is -1.91. The first-order valence-corrected chi connectivity index (χ1v) is 5.65. The van der Waals surface area contributed by atoms with E-state index in [1.54, 1.807) is 17.9 Å². The highest BCUT2D eigenvalue weighted by atomic mass is 16.1. The number of hydrogen-bond donors (Lipinski definition) is 0. The summed E-state index contributed by atoms with van der Waals surface area (Å²) in [5.41, 5.74) is 1.49. The van der Waals surface area contributed by atoms with Crippen LogP contribution in [0.1, 0.15) is 28.9 Å². The third-order valence-electron chi connectivity index (χ3n) is 2.75. The minimum absolute atomic E-state index is 0.0500. The van der Waals surface area contributed by atoms with Gasteiger partial charge in [0.2, 0.25) is 0 Å². The summed E-state index contributed by atoms with van der Waals surface area (Å²) in [4.78, 5) is 16.3. The molecule has 5 nitrogen and oxygen atoms in total. The average Bonchev–Trinajstić information content (AvgIpc) is 2.84. The van der Waals surface area contributed by atoms with E-state index in [0.717, 1.165) is 18.1 Å². The number of Topliss-reactive ketones (excluding diaryl/α,β-unsaturated/α-hetero) is 1. The first-order chi connectivity index (χ1) is 8.11. The molecular weight excluding hydrogens is 216 g/mol. The standard InChI is InChI=1S/C12H16N4O/c1-4-16-6-5-13-12(16)8-11(17)10-7-9(2)14-15(10)3/h5-7H,4,8H2,1-3H3. The van der Waals surface area contributed by atoms with Crippen LogP contribution in [-0.4, -0.2) is 25.1 Å². The van der Waals surface area contributed by atoms with Crippen molar-refractivity contribution >= 4 is 5.78 Å². The van der Waals surface area contributed by atoms with Crippen LogP contribution in [0.25, 0.3) is 0 Å². The third-order valence-corrected chi connectivity index (χ3v) is 2.75. The number of nitrogens with zero attached hydrogens (tertiary/aromatic N) is 4. The summed E-state index contributed by atoms with van der Waals surface area (Å²) in [6.07, 6.45) is 3.93. The number of carbonyl (C=O) groups excluding carboxylic acids is 1. The van der Waals surface area contributed by atoms with Crippen molar-refractivity contribution in [2.75, 3.05) is 0 Å². The molecule has 2 rings (SSSR count). The van der Waals surface area contributed by atoms with Gasteiger partial charge in [0.05, 0.1) is 12.1 Å². The molecule has 2 aromatic rings. The molecule has 0 aromatic carbocycles. The number of rotatable bonds is 4. The molecule has 0 aliphatic carbocycles. The van der Waals surface area contributed by atoms with Crippen LogP contribution in [0, 0.1) is 6.92 Å². The summed E-state index contributed by atoms with van der Waals surface area (Å²) in [5, 5.41) is 4.17.